The van der Waals surface area contributed by atoms with Crippen molar-refractivity contribution in [1.82, 2.24) is 5.32 Å². The summed E-state index contributed by atoms with van der Waals surface area (Å²) in [5, 5.41) is 3.38. The zero-order valence-corrected chi connectivity index (χ0v) is 10.5. The van der Waals surface area contributed by atoms with Crippen LogP contribution in [0.5, 0.6) is 0 Å². The lowest BCUT2D eigenvalue weighted by atomic mass is 10.1. The number of amides is 1. The van der Waals surface area contributed by atoms with E-state index in [-0.39, 0.29) is 5.91 Å². The molecule has 3 N–H and O–H groups in total. The zero-order valence-electron chi connectivity index (χ0n) is 9.71. The van der Waals surface area contributed by atoms with Crippen LogP contribution in [0.4, 0.5) is 5.69 Å². The minimum absolute atomic E-state index is 0.0706. The van der Waals surface area contributed by atoms with Gasteiger partial charge >= 0.3 is 0 Å². The molecule has 1 aromatic rings. The highest BCUT2D eigenvalue weighted by molar-refractivity contribution is 6.33. The van der Waals surface area contributed by atoms with E-state index in [2.05, 4.69) is 5.32 Å². The van der Waals surface area contributed by atoms with Crippen LogP contribution >= 0.6 is 11.6 Å². The van der Waals surface area contributed by atoms with Crippen LogP contribution in [0.1, 0.15) is 36.0 Å². The molecule has 0 aromatic heterocycles. The monoisotopic (exact) mass is 252 g/mol. The molecule has 1 saturated carbocycles. The number of carbonyl (C=O) groups excluding carboxylic acids is 1. The molecule has 0 heterocycles. The Bertz CT molecular complexity index is 414. The molecule has 0 atom stereocenters. The Kier molecular flexibility index (Phi) is 3.89. The number of hydrogen-bond donors (Lipinski definition) is 2. The molecule has 4 heteroatoms. The number of hydrogen-bond acceptors (Lipinski definition) is 2. The molecule has 1 aromatic carbocycles. The number of anilines is 1. The molecule has 3 nitrogen and oxygen atoms in total. The fraction of sp³-hybridized carbons (Fsp3) is 0.462. The maximum Gasteiger partial charge on any atom is 0.251 e. The Hall–Kier alpha value is -1.22. The van der Waals surface area contributed by atoms with Gasteiger partial charge < -0.3 is 11.1 Å². The standard InChI is InChI=1S/C13H17ClN2O/c14-11-7-10(5-6-12(11)15)13(17)16-8-9-3-1-2-4-9/h5-7,9H,1-4,8,15H2,(H,16,17). The van der Waals surface area contributed by atoms with Gasteiger partial charge in [0.15, 0.2) is 0 Å². The number of rotatable bonds is 3. The van der Waals surface area contributed by atoms with Crippen molar-refractivity contribution in [2.24, 2.45) is 5.92 Å². The fourth-order valence-corrected chi connectivity index (χ4v) is 2.40. The SMILES string of the molecule is Nc1ccc(C(=O)NCC2CCCC2)cc1Cl. The second-order valence-corrected chi connectivity index (χ2v) is 5.00. The minimum Gasteiger partial charge on any atom is -0.398 e. The number of carbonyl (C=O) groups is 1. The van der Waals surface area contributed by atoms with Crippen LogP contribution in [-0.4, -0.2) is 12.5 Å². The number of halogens is 1. The lowest BCUT2D eigenvalue weighted by molar-refractivity contribution is 0.0947. The predicted molar refractivity (Wildman–Crippen MR) is 70.2 cm³/mol. The van der Waals surface area contributed by atoms with E-state index < -0.39 is 0 Å². The average molecular weight is 253 g/mol. The normalized spacial score (nSPS) is 16.1. The third-order valence-corrected chi connectivity index (χ3v) is 3.62. The largest absolute Gasteiger partial charge is 0.398 e. The molecule has 0 spiro atoms. The highest BCUT2D eigenvalue weighted by atomic mass is 35.5. The van der Waals surface area contributed by atoms with E-state index in [0.717, 1.165) is 6.54 Å². The van der Waals surface area contributed by atoms with Crippen LogP contribution in [-0.2, 0) is 0 Å². The summed E-state index contributed by atoms with van der Waals surface area (Å²) in [4.78, 5) is 11.9. The molecule has 2 rings (SSSR count). The summed E-state index contributed by atoms with van der Waals surface area (Å²) >= 11 is 5.88. The third kappa shape index (κ3) is 3.13. The minimum atomic E-state index is -0.0706. The Morgan fingerprint density at radius 1 is 1.41 bits per heavy atom. The first-order chi connectivity index (χ1) is 8.16. The van der Waals surface area contributed by atoms with Crippen molar-refractivity contribution in [2.45, 2.75) is 25.7 Å². The molecule has 0 aliphatic heterocycles. The van der Waals surface area contributed by atoms with Gasteiger partial charge in [-0.05, 0) is 37.0 Å². The first kappa shape index (κ1) is 12.2. The van der Waals surface area contributed by atoms with E-state index in [9.17, 15) is 4.79 Å². The van der Waals surface area contributed by atoms with Crippen LogP contribution in [0.15, 0.2) is 18.2 Å². The summed E-state index contributed by atoms with van der Waals surface area (Å²) in [6.07, 6.45) is 5.02. The molecule has 1 aliphatic carbocycles. The van der Waals surface area contributed by atoms with E-state index in [1.54, 1.807) is 18.2 Å². The molecule has 1 aliphatic rings. The maximum absolute atomic E-state index is 11.9. The lowest BCUT2D eigenvalue weighted by Crippen LogP contribution is -2.28. The number of benzene rings is 1. The van der Waals surface area contributed by atoms with Gasteiger partial charge in [-0.3, -0.25) is 4.79 Å². The van der Waals surface area contributed by atoms with Gasteiger partial charge in [-0.2, -0.15) is 0 Å². The van der Waals surface area contributed by atoms with E-state index in [1.165, 1.54) is 25.7 Å². The van der Waals surface area contributed by atoms with Gasteiger partial charge in [-0.1, -0.05) is 24.4 Å². The van der Waals surface area contributed by atoms with Gasteiger partial charge in [0, 0.05) is 12.1 Å². The first-order valence-corrected chi connectivity index (χ1v) is 6.38. The van der Waals surface area contributed by atoms with Gasteiger partial charge in [0.2, 0.25) is 0 Å². The van der Waals surface area contributed by atoms with Crippen LogP contribution in [0, 0.1) is 5.92 Å². The average Bonchev–Trinajstić information content (AvgIpc) is 2.82. The molecule has 17 heavy (non-hydrogen) atoms. The van der Waals surface area contributed by atoms with Crippen LogP contribution < -0.4 is 11.1 Å². The third-order valence-electron chi connectivity index (χ3n) is 3.29. The van der Waals surface area contributed by atoms with Crippen molar-refractivity contribution in [3.05, 3.63) is 28.8 Å². The summed E-state index contributed by atoms with van der Waals surface area (Å²) in [6.45, 7) is 0.765. The molecule has 1 amide bonds. The summed E-state index contributed by atoms with van der Waals surface area (Å²) in [5.74, 6) is 0.571. The highest BCUT2D eigenvalue weighted by Gasteiger charge is 2.16. The fourth-order valence-electron chi connectivity index (χ4n) is 2.22. The maximum atomic E-state index is 11.9. The topological polar surface area (TPSA) is 55.1 Å². The molecule has 1 fully saturated rings. The molecular formula is C13H17ClN2O. The van der Waals surface area contributed by atoms with E-state index in [0.29, 0.717) is 22.2 Å². The van der Waals surface area contributed by atoms with Crippen LogP contribution in [0.25, 0.3) is 0 Å². The Balaban J connectivity index is 1.92. The van der Waals surface area contributed by atoms with Crippen molar-refractivity contribution in [3.8, 4) is 0 Å². The van der Waals surface area contributed by atoms with Crippen molar-refractivity contribution in [3.63, 3.8) is 0 Å². The van der Waals surface area contributed by atoms with Gasteiger partial charge in [0.1, 0.15) is 0 Å². The van der Waals surface area contributed by atoms with Gasteiger partial charge in [-0.15, -0.1) is 0 Å². The smallest absolute Gasteiger partial charge is 0.251 e. The van der Waals surface area contributed by atoms with Gasteiger partial charge in [0.05, 0.1) is 10.7 Å². The van der Waals surface area contributed by atoms with E-state index in [1.807, 2.05) is 0 Å². The molecule has 92 valence electrons. The highest BCUT2D eigenvalue weighted by Crippen LogP contribution is 2.24. The molecule has 0 saturated heterocycles. The van der Waals surface area contributed by atoms with Crippen molar-refractivity contribution < 1.29 is 4.79 Å². The molecular weight excluding hydrogens is 236 g/mol. The second-order valence-electron chi connectivity index (χ2n) is 4.60. The van der Waals surface area contributed by atoms with Crippen molar-refractivity contribution in [2.75, 3.05) is 12.3 Å². The molecule has 0 bridgehead atoms. The summed E-state index contributed by atoms with van der Waals surface area (Å²) in [5.41, 5.74) is 6.67. The predicted octanol–water partition coefficient (Wildman–Crippen LogP) is 2.84. The Morgan fingerprint density at radius 3 is 2.76 bits per heavy atom. The van der Waals surface area contributed by atoms with Crippen molar-refractivity contribution >= 4 is 23.2 Å². The van der Waals surface area contributed by atoms with Crippen LogP contribution in [0.2, 0.25) is 5.02 Å². The van der Waals surface area contributed by atoms with Gasteiger partial charge in [0.25, 0.3) is 5.91 Å². The number of nitrogens with one attached hydrogen (secondary N) is 1. The van der Waals surface area contributed by atoms with Gasteiger partial charge in [-0.25, -0.2) is 0 Å². The summed E-state index contributed by atoms with van der Waals surface area (Å²) in [7, 11) is 0. The zero-order chi connectivity index (χ0) is 12.3. The first-order valence-electron chi connectivity index (χ1n) is 6.00. The number of nitrogen functional groups attached to an aromatic ring is 1. The summed E-state index contributed by atoms with van der Waals surface area (Å²) < 4.78 is 0. The van der Waals surface area contributed by atoms with E-state index >= 15 is 0 Å². The van der Waals surface area contributed by atoms with E-state index in [4.69, 9.17) is 17.3 Å². The summed E-state index contributed by atoms with van der Waals surface area (Å²) in [6, 6.07) is 4.97. The Morgan fingerprint density at radius 2 is 2.12 bits per heavy atom. The Labute approximate surface area is 106 Å². The molecule has 0 radical (unpaired) electrons. The second kappa shape index (κ2) is 5.41. The van der Waals surface area contributed by atoms with Crippen molar-refractivity contribution in [1.29, 1.82) is 0 Å². The quantitative estimate of drug-likeness (QED) is 0.813. The molecule has 0 unspecified atom stereocenters. The number of nitrogens with two attached hydrogens (primary N) is 1. The lowest BCUT2D eigenvalue weighted by Gasteiger charge is -2.11. The van der Waals surface area contributed by atoms with Crippen LogP contribution in [0.3, 0.4) is 0 Å².